The van der Waals surface area contributed by atoms with Gasteiger partial charge in [-0.3, -0.25) is 9.69 Å². The van der Waals surface area contributed by atoms with Gasteiger partial charge in [-0.15, -0.1) is 0 Å². The molecule has 3 aliphatic carbocycles. The van der Waals surface area contributed by atoms with E-state index in [-0.39, 0.29) is 22.8 Å². The second-order valence-electron chi connectivity index (χ2n) is 12.7. The summed E-state index contributed by atoms with van der Waals surface area (Å²) in [6.45, 7) is 3.78. The highest BCUT2D eigenvalue weighted by Crippen LogP contribution is 2.75. The van der Waals surface area contributed by atoms with Crippen molar-refractivity contribution in [1.29, 1.82) is 0 Å². The van der Waals surface area contributed by atoms with Gasteiger partial charge in [0.1, 0.15) is 5.75 Å². The number of rotatable bonds is 4. The second kappa shape index (κ2) is 8.06. The smallest absolute Gasteiger partial charge is 0.254 e. The summed E-state index contributed by atoms with van der Waals surface area (Å²) < 4.78 is 0. The number of amides is 1. The van der Waals surface area contributed by atoms with E-state index in [0.29, 0.717) is 23.6 Å². The molecule has 1 amide bonds. The van der Waals surface area contributed by atoms with Gasteiger partial charge in [0.15, 0.2) is 0 Å². The Morgan fingerprint density at radius 3 is 2.84 bits per heavy atom. The zero-order chi connectivity index (χ0) is 25.6. The molecule has 0 radical (unpaired) electrons. The van der Waals surface area contributed by atoms with E-state index in [9.17, 15) is 9.90 Å². The lowest BCUT2D eigenvalue weighted by Crippen LogP contribution is -2.69. The molecule has 8 rings (SSSR count). The van der Waals surface area contributed by atoms with Crippen molar-refractivity contribution in [1.82, 2.24) is 9.80 Å². The molecule has 5 nitrogen and oxygen atoms in total. The molecule has 196 valence electrons. The number of likely N-dealkylation sites (tertiary alicyclic amines) is 2. The Balaban J connectivity index is 1.23. The molecule has 5 unspecified atom stereocenters. The van der Waals surface area contributed by atoms with Crippen molar-refractivity contribution in [2.45, 2.75) is 56.0 Å². The van der Waals surface area contributed by atoms with Crippen LogP contribution < -0.4 is 5.73 Å². The molecule has 4 bridgehead atoms. The summed E-state index contributed by atoms with van der Waals surface area (Å²) in [5, 5.41) is 12.9. The van der Waals surface area contributed by atoms with Crippen LogP contribution in [-0.2, 0) is 11.8 Å². The van der Waals surface area contributed by atoms with Gasteiger partial charge in [0.25, 0.3) is 5.91 Å². The number of carbonyl (C=O) groups excluding carboxylic acids is 1. The summed E-state index contributed by atoms with van der Waals surface area (Å²) in [4.78, 5) is 19.3. The summed E-state index contributed by atoms with van der Waals surface area (Å²) >= 11 is 0. The fourth-order valence-corrected chi connectivity index (χ4v) is 10.5. The third-order valence-corrected chi connectivity index (χ3v) is 11.5. The van der Waals surface area contributed by atoms with Crippen LogP contribution >= 0.6 is 0 Å². The lowest BCUT2D eigenvalue weighted by molar-refractivity contribution is -0.101. The zero-order valence-electron chi connectivity index (χ0n) is 22.0. The minimum atomic E-state index is 0.0462. The van der Waals surface area contributed by atoms with Crippen LogP contribution in [0.4, 0.5) is 0 Å². The standard InChI is InChI=1S/C33H37N3O2/c34-14-4-15-35-16-13-33-27-18-24(37)10-9-22(27)17-29(35)32(33)12-11-28-30(33)23(19-32)20-36(28)31(38)26-8-3-6-21-5-1-2-7-25(21)26/h1-3,5-10,18,23,28-30,37H,4,11-17,19-20,34H2/t23-,28?,29?,30?,32?,33?/m1/s1. The highest BCUT2D eigenvalue weighted by atomic mass is 16.3. The molecule has 0 aromatic heterocycles. The second-order valence-corrected chi connectivity index (χ2v) is 12.7. The molecule has 2 saturated carbocycles. The maximum Gasteiger partial charge on any atom is 0.254 e. The van der Waals surface area contributed by atoms with Crippen LogP contribution in [0.15, 0.2) is 60.7 Å². The topological polar surface area (TPSA) is 69.8 Å². The largest absolute Gasteiger partial charge is 0.508 e. The van der Waals surface area contributed by atoms with E-state index in [1.165, 1.54) is 24.0 Å². The van der Waals surface area contributed by atoms with E-state index in [0.717, 1.165) is 68.2 Å². The third-order valence-electron chi connectivity index (χ3n) is 11.5. The highest BCUT2D eigenvalue weighted by Gasteiger charge is 2.76. The molecule has 5 aliphatic rings. The number of phenols is 1. The zero-order valence-corrected chi connectivity index (χ0v) is 22.0. The highest BCUT2D eigenvalue weighted by molar-refractivity contribution is 6.07. The fraction of sp³-hybridized carbons (Fsp3) is 0.485. The molecule has 38 heavy (non-hydrogen) atoms. The van der Waals surface area contributed by atoms with E-state index in [1.807, 2.05) is 30.3 Å². The average Bonchev–Trinajstić information content (AvgIpc) is 3.39. The van der Waals surface area contributed by atoms with Crippen LogP contribution in [0.25, 0.3) is 10.8 Å². The molecule has 2 aliphatic heterocycles. The van der Waals surface area contributed by atoms with Crippen molar-refractivity contribution >= 4 is 16.7 Å². The number of phenolic OH excluding ortho intramolecular Hbond substituents is 1. The van der Waals surface area contributed by atoms with Gasteiger partial charge in [-0.25, -0.2) is 0 Å². The SMILES string of the molecule is NCCCN1CCC23c4cc(O)ccc4CC1C21CCC2C3[C@@H](CN2C(=O)c2cccc3ccccc23)C1. The number of nitrogens with two attached hydrogens (primary N) is 1. The molecule has 3 aromatic rings. The van der Waals surface area contributed by atoms with E-state index >= 15 is 0 Å². The summed E-state index contributed by atoms with van der Waals surface area (Å²) in [5.74, 6) is 1.58. The molecule has 5 heteroatoms. The number of hydrogen-bond acceptors (Lipinski definition) is 4. The number of nitrogens with zero attached hydrogens (tertiary/aromatic N) is 2. The molecular weight excluding hydrogens is 470 g/mol. The van der Waals surface area contributed by atoms with Crippen LogP contribution in [0.5, 0.6) is 5.75 Å². The quantitative estimate of drug-likeness (QED) is 0.537. The maximum absolute atomic E-state index is 14.2. The Morgan fingerprint density at radius 1 is 1.08 bits per heavy atom. The van der Waals surface area contributed by atoms with Crippen LogP contribution in [-0.4, -0.2) is 59.1 Å². The number of fused-ring (bicyclic) bond motifs is 2. The van der Waals surface area contributed by atoms with E-state index in [4.69, 9.17) is 5.73 Å². The molecule has 2 heterocycles. The first kappa shape index (κ1) is 23.0. The van der Waals surface area contributed by atoms with Crippen LogP contribution in [0.1, 0.15) is 53.6 Å². The van der Waals surface area contributed by atoms with Crippen LogP contribution in [0.2, 0.25) is 0 Å². The van der Waals surface area contributed by atoms with E-state index < -0.39 is 0 Å². The van der Waals surface area contributed by atoms with Crippen molar-refractivity contribution < 1.29 is 9.90 Å². The van der Waals surface area contributed by atoms with Gasteiger partial charge in [0.2, 0.25) is 0 Å². The number of benzene rings is 3. The Hall–Kier alpha value is -2.89. The summed E-state index contributed by atoms with van der Waals surface area (Å²) in [7, 11) is 0. The first-order valence-corrected chi connectivity index (χ1v) is 14.6. The average molecular weight is 508 g/mol. The Kier molecular flexibility index (Phi) is 4.89. The molecular formula is C33H37N3O2. The molecule has 3 N–H and O–H groups in total. The van der Waals surface area contributed by atoms with Crippen molar-refractivity contribution in [3.8, 4) is 5.75 Å². The minimum Gasteiger partial charge on any atom is -0.508 e. The summed E-state index contributed by atoms with van der Waals surface area (Å²) in [6.07, 6.45) is 6.71. The number of hydrogen-bond donors (Lipinski definition) is 2. The van der Waals surface area contributed by atoms with Crippen LogP contribution in [0, 0.1) is 17.3 Å². The van der Waals surface area contributed by atoms with Crippen molar-refractivity contribution in [2.75, 3.05) is 26.2 Å². The third kappa shape index (κ3) is 2.77. The van der Waals surface area contributed by atoms with Gasteiger partial charge in [0.05, 0.1) is 0 Å². The fourth-order valence-electron chi connectivity index (χ4n) is 10.5. The number of carbonyl (C=O) groups is 1. The Morgan fingerprint density at radius 2 is 1.95 bits per heavy atom. The van der Waals surface area contributed by atoms with Gasteiger partial charge in [0, 0.05) is 29.6 Å². The first-order chi connectivity index (χ1) is 18.6. The lowest BCUT2D eigenvalue weighted by atomic mass is 9.43. The first-order valence-electron chi connectivity index (χ1n) is 14.6. The number of piperidine rings is 1. The molecule has 0 spiro atoms. The monoisotopic (exact) mass is 507 g/mol. The predicted molar refractivity (Wildman–Crippen MR) is 149 cm³/mol. The molecule has 2 saturated heterocycles. The van der Waals surface area contributed by atoms with Gasteiger partial charge in [-0.1, -0.05) is 42.5 Å². The van der Waals surface area contributed by atoms with Gasteiger partial charge in [-0.2, -0.15) is 0 Å². The Bertz CT molecular complexity index is 1450. The molecule has 4 fully saturated rings. The van der Waals surface area contributed by atoms with Gasteiger partial charge in [-0.05, 0) is 116 Å². The van der Waals surface area contributed by atoms with Crippen molar-refractivity contribution in [2.24, 2.45) is 23.0 Å². The van der Waals surface area contributed by atoms with Gasteiger partial charge < -0.3 is 15.7 Å². The summed E-state index contributed by atoms with van der Waals surface area (Å²) in [6, 6.07) is 21.4. The predicted octanol–water partition coefficient (Wildman–Crippen LogP) is 4.70. The van der Waals surface area contributed by atoms with Gasteiger partial charge >= 0.3 is 0 Å². The normalized spacial score (nSPS) is 34.8. The molecule has 6 atom stereocenters. The maximum atomic E-state index is 14.2. The van der Waals surface area contributed by atoms with Crippen molar-refractivity contribution in [3.63, 3.8) is 0 Å². The van der Waals surface area contributed by atoms with Crippen molar-refractivity contribution in [3.05, 3.63) is 77.4 Å². The number of aromatic hydroxyl groups is 1. The van der Waals surface area contributed by atoms with Crippen LogP contribution in [0.3, 0.4) is 0 Å². The molecule has 3 aromatic carbocycles. The summed E-state index contributed by atoms with van der Waals surface area (Å²) in [5.41, 5.74) is 9.90. The minimum absolute atomic E-state index is 0.0462. The Labute approximate surface area is 224 Å². The van der Waals surface area contributed by atoms with E-state index in [2.05, 4.69) is 40.1 Å². The lowest BCUT2D eigenvalue weighted by Gasteiger charge is -2.66. The van der Waals surface area contributed by atoms with E-state index in [1.54, 1.807) is 0 Å².